The predicted molar refractivity (Wildman–Crippen MR) is 536 cm³/mol. The maximum atomic E-state index is 13.3. The van der Waals surface area contributed by atoms with Gasteiger partial charge in [-0.2, -0.15) is 46.8 Å². The van der Waals surface area contributed by atoms with Crippen molar-refractivity contribution in [3.8, 4) is 11.5 Å². The van der Waals surface area contributed by atoms with Gasteiger partial charge in [0, 0.05) is 43.6 Å². The fourth-order valence-corrected chi connectivity index (χ4v) is 19.0. The molecule has 0 saturated carbocycles. The van der Waals surface area contributed by atoms with Gasteiger partial charge < -0.3 is 39.9 Å². The Hall–Kier alpha value is -12.8. The largest absolute Gasteiger partial charge is 0.741 e. The first-order valence-corrected chi connectivity index (χ1v) is 53.3. The summed E-state index contributed by atoms with van der Waals surface area (Å²) in [5.41, 5.74) is -2.73. The lowest BCUT2D eigenvalue weighted by Crippen LogP contribution is -2.41. The number of ether oxygens (including phenoxy) is 1. The number of hydrogen-bond donors (Lipinski definition) is 6. The number of aliphatic hydroxyl groups is 5. The molecule has 0 aliphatic rings. The van der Waals surface area contributed by atoms with Crippen LogP contribution in [-0.4, -0.2) is 145 Å². The van der Waals surface area contributed by atoms with Crippen LogP contribution in [0.4, 0.5) is 13.2 Å². The predicted octanol–water partition coefficient (Wildman–Crippen LogP) is 18.0. The Morgan fingerprint density at radius 2 is 0.692 bits per heavy atom. The van der Waals surface area contributed by atoms with Crippen molar-refractivity contribution in [1.82, 2.24) is 0 Å². The summed E-state index contributed by atoms with van der Waals surface area (Å²) >= 11 is 1.50. The van der Waals surface area contributed by atoms with Crippen LogP contribution in [0.15, 0.2) is 393 Å². The highest BCUT2D eigenvalue weighted by molar-refractivity contribution is 7.98. The number of carbonyl (C=O) groups is 4. The minimum atomic E-state index is -6.09. The monoisotopic (exact) mass is 2080 g/mol. The van der Waals surface area contributed by atoms with Crippen LogP contribution in [0.2, 0.25) is 0 Å². The van der Waals surface area contributed by atoms with E-state index in [-0.39, 0.29) is 77.1 Å². The van der Waals surface area contributed by atoms with Crippen molar-refractivity contribution in [2.24, 2.45) is 0 Å². The van der Waals surface area contributed by atoms with E-state index in [1.807, 2.05) is 46.1 Å². The van der Waals surface area contributed by atoms with Gasteiger partial charge >= 0.3 is 5.51 Å². The van der Waals surface area contributed by atoms with E-state index < -0.39 is 122 Å². The van der Waals surface area contributed by atoms with E-state index in [0.29, 0.717) is 33.8 Å². The quantitative estimate of drug-likeness (QED) is 0.00545. The normalized spacial score (nSPS) is 13.2. The van der Waals surface area contributed by atoms with Crippen molar-refractivity contribution in [3.05, 3.63) is 453 Å². The van der Waals surface area contributed by atoms with Gasteiger partial charge in [0.15, 0.2) is 43.7 Å². The molecule has 0 aliphatic carbocycles. The summed E-state index contributed by atoms with van der Waals surface area (Å²) in [5, 5.41) is 61.8. The Bertz CT molecular complexity index is 6970. The van der Waals surface area contributed by atoms with E-state index in [0.717, 1.165) is 32.9 Å². The first-order valence-electron chi connectivity index (χ1n) is 43.2. The number of halogens is 3. The van der Waals surface area contributed by atoms with Gasteiger partial charge in [-0.1, -0.05) is 289 Å². The van der Waals surface area contributed by atoms with Crippen molar-refractivity contribution in [2.75, 3.05) is 39.4 Å². The first-order chi connectivity index (χ1) is 67.6. The number of methoxy groups -OCH3 is 1. The molecular formula is C107H103F3O26S7. The number of rotatable bonds is 34. The number of carbonyl (C=O) groups excluding carboxylic acids is 4. The topological polar surface area (TPSA) is 430 Å². The molecule has 5 unspecified atom stereocenters. The minimum absolute atomic E-state index is 0.0184. The number of Topliss-reactive ketones (excluding diaryl/α,β-unsaturated/α-hetero) is 4. The van der Waals surface area contributed by atoms with Gasteiger partial charge in [-0.15, -0.1) is 11.8 Å². The van der Waals surface area contributed by atoms with Gasteiger partial charge in [-0.05, 0) is 177 Å². The van der Waals surface area contributed by atoms with Crippen molar-refractivity contribution in [2.45, 2.75) is 111 Å². The molecule has 143 heavy (non-hydrogen) atoms. The molecule has 0 amide bonds. The van der Waals surface area contributed by atoms with Crippen LogP contribution < -0.4 is 4.74 Å². The highest BCUT2D eigenvalue weighted by atomic mass is 32.2. The molecule has 6 N–H and O–H groups in total. The highest BCUT2D eigenvalue weighted by Crippen LogP contribution is 2.36. The lowest BCUT2D eigenvalue weighted by molar-refractivity contribution is -0.0518. The second-order valence-electron chi connectivity index (χ2n) is 32.0. The van der Waals surface area contributed by atoms with Crippen molar-refractivity contribution in [3.63, 3.8) is 0 Å². The second-order valence-corrected chi connectivity index (χ2v) is 42.7. The maximum absolute atomic E-state index is 13.3. The molecule has 0 aromatic heterocycles. The fourth-order valence-electron chi connectivity index (χ4n) is 13.2. The summed E-state index contributed by atoms with van der Waals surface area (Å²) in [6.07, 6.45) is 2.90. The van der Waals surface area contributed by atoms with E-state index in [1.165, 1.54) is 120 Å². The third-order valence-electron chi connectivity index (χ3n) is 21.6. The lowest BCUT2D eigenvalue weighted by atomic mass is 9.86. The third-order valence-corrected chi connectivity index (χ3v) is 29.9. The van der Waals surface area contributed by atoms with Gasteiger partial charge in [0.05, 0.1) is 39.9 Å². The molecule has 0 bridgehead atoms. The van der Waals surface area contributed by atoms with Crippen LogP contribution >= 0.6 is 11.8 Å². The van der Waals surface area contributed by atoms with Crippen molar-refractivity contribution >= 4 is 96.4 Å². The molecule has 0 spiro atoms. The number of ketones is 4. The van der Waals surface area contributed by atoms with Crippen molar-refractivity contribution in [1.29, 1.82) is 0 Å². The molecule has 5 atom stereocenters. The molecule has 14 aromatic carbocycles. The molecule has 14 aromatic rings. The molecular weight excluding hydrogens is 1980 g/mol. The van der Waals surface area contributed by atoms with E-state index in [9.17, 15) is 96.7 Å². The zero-order valence-corrected chi connectivity index (χ0v) is 84.0. The molecule has 0 aliphatic heterocycles. The first kappa shape index (κ1) is 114. The maximum Gasteiger partial charge on any atom is 0.485 e. The van der Waals surface area contributed by atoms with Crippen LogP contribution in [0.1, 0.15) is 114 Å². The Morgan fingerprint density at radius 3 is 1.03 bits per heavy atom. The van der Waals surface area contributed by atoms with Crippen LogP contribution in [0.25, 0.3) is 0 Å². The number of alkyl halides is 3. The summed E-state index contributed by atoms with van der Waals surface area (Å²) in [6.45, 7) is 6.77. The van der Waals surface area contributed by atoms with Gasteiger partial charge in [0.1, 0.15) is 43.3 Å². The van der Waals surface area contributed by atoms with Gasteiger partial charge in [0.25, 0.3) is 40.5 Å². The van der Waals surface area contributed by atoms with Crippen molar-refractivity contribution < 1.29 is 131 Å². The van der Waals surface area contributed by atoms with Gasteiger partial charge in [-0.3, -0.25) is 31.7 Å². The van der Waals surface area contributed by atoms with Gasteiger partial charge in [-0.25, -0.2) is 12.6 Å². The number of thioether (sulfide) groups is 1. The van der Waals surface area contributed by atoms with Gasteiger partial charge in [0.2, 0.25) is 17.3 Å². The number of benzene rings is 14. The van der Waals surface area contributed by atoms with E-state index in [4.69, 9.17) is 34.4 Å². The van der Waals surface area contributed by atoms with E-state index in [1.54, 1.807) is 243 Å². The zero-order valence-electron chi connectivity index (χ0n) is 78.3. The molecule has 0 saturated heterocycles. The Morgan fingerprint density at radius 1 is 0.385 bits per heavy atom. The Labute approximate surface area is 836 Å². The molecule has 0 radical (unpaired) electrons. The average molecular weight is 2090 g/mol. The summed E-state index contributed by atoms with van der Waals surface area (Å²) in [7, 11) is -21.1. The molecule has 14 rings (SSSR count). The average Bonchev–Trinajstić information content (AvgIpc) is 0.767. The number of phenols is 1. The van der Waals surface area contributed by atoms with E-state index in [2.05, 4.69) is 37.4 Å². The highest BCUT2D eigenvalue weighted by Gasteiger charge is 2.45. The minimum Gasteiger partial charge on any atom is -0.741 e. The number of phenolic OH excluding ortho intramolecular Hbond substituents is 1. The summed E-state index contributed by atoms with van der Waals surface area (Å²) in [4.78, 5) is 54.6. The Balaban J connectivity index is 0.000000197. The summed E-state index contributed by atoms with van der Waals surface area (Å²) in [6, 6.07) is 98.9. The van der Waals surface area contributed by atoms with E-state index >= 15 is 0 Å². The third kappa shape index (κ3) is 32.1. The molecule has 26 nitrogen and oxygen atoms in total. The molecule has 750 valence electrons. The fraction of sp³-hybridized carbons (Fsp3) is 0.178. The number of hydrogen-bond acceptors (Lipinski definition) is 27. The SMILES string of the molecule is COc1ccc(C(O)(COS(=O)(=O)c2ccc(C)cc2)C(=O)c2ccc(CO)cc2)cc1.CSc1ccc(C(O)(COS(=O)(=O)c2ccc(C)cc2)C(=O)c2ccc(CO)cc2)cc1.Cc1ccc(S(=O)(=O)OC(C(=O)c2ccccc2)c2ccccc2)cc1.Cc1ccc(S(=O)(=O)OCC(O)(C(=O)c2ccccc2)c2ccccc2)cc1.Cc1ccccc1C[S+](C)c1ccc(O)cc1.O=S(=O)([O-])C(F)(F)F. The standard InChI is InChI=1S/C24H24O7S.C24H24O6S2.C22H20O5S.C21H18O4S.C15H16OS.CHF3O3S/c1-17-3-13-22(14-4-17)32(28,29)31-16-24(27,20-9-11-21(30-2)12-10-20)23(26)19-7-5-18(15-25)6-8-19;1-17-3-13-22(14-4-17)32(28,29)30-16-24(27,20-9-11-21(31-2)12-10-20)23(26)19-7-5-18(15-25)6-8-19;1-17-12-14-20(15-13-17)28(25,26)27-16-22(24,19-10-6-3-7-11-19)21(23)18-8-4-2-5-9-18;1-16-12-14-19(15-13-16)26(23,24)25-21(18-10-6-3-7-11-18)20(22)17-8-4-2-5-9-17;1-12-5-3-4-6-13(12)11-17(2)15-9-7-14(16)8-10-15;2-1(3,4)8(5,6)7/h2*3-14,25,27H,15-16H2,1-2H3;2-15,24H,16H2,1H3;2-15,21H,1H3;3-10H,11H2,1-2H3;(H,5,6,7). The molecule has 0 fully saturated rings. The molecule has 0 heterocycles. The number of aryl methyl sites for hydroxylation is 5. The lowest BCUT2D eigenvalue weighted by Gasteiger charge is -2.27. The summed E-state index contributed by atoms with van der Waals surface area (Å²) in [5.74, 6) is -0.599. The number of aromatic hydroxyl groups is 1. The van der Waals surface area contributed by atoms with Crippen LogP contribution in [0.3, 0.4) is 0 Å². The number of aliphatic hydroxyl groups excluding tert-OH is 2. The smallest absolute Gasteiger partial charge is 0.485 e. The second kappa shape index (κ2) is 51.4. The van der Waals surface area contributed by atoms with Crippen LogP contribution in [-0.2, 0) is 114 Å². The van der Waals surface area contributed by atoms with Crippen LogP contribution in [0, 0.1) is 34.6 Å². The molecule has 36 heteroatoms. The summed E-state index contributed by atoms with van der Waals surface area (Å²) < 4.78 is 186. The van der Waals surface area contributed by atoms with Crippen LogP contribution in [0.5, 0.6) is 11.5 Å². The Kier molecular flexibility index (Phi) is 40.9. The zero-order chi connectivity index (χ0) is 105.